The van der Waals surface area contributed by atoms with Crippen LogP contribution in [0.3, 0.4) is 0 Å². The lowest BCUT2D eigenvalue weighted by Crippen LogP contribution is -2.19. The number of hydrogen-bond donors (Lipinski definition) is 0. The van der Waals surface area contributed by atoms with E-state index in [1.165, 1.54) is 25.0 Å². The fourth-order valence-electron chi connectivity index (χ4n) is 3.05. The van der Waals surface area contributed by atoms with E-state index in [2.05, 4.69) is 24.8 Å². The van der Waals surface area contributed by atoms with Crippen LogP contribution < -0.4 is 4.90 Å². The van der Waals surface area contributed by atoms with E-state index in [-0.39, 0.29) is 5.82 Å². The van der Waals surface area contributed by atoms with E-state index < -0.39 is 0 Å². The molecule has 4 rings (SSSR count). The van der Waals surface area contributed by atoms with Crippen molar-refractivity contribution in [2.24, 2.45) is 0 Å². The summed E-state index contributed by atoms with van der Waals surface area (Å²) in [6.45, 7) is 3.82. The molecule has 26 heavy (non-hydrogen) atoms. The minimum absolute atomic E-state index is 0.323. The average Bonchev–Trinajstić information content (AvgIpc) is 3.14. The Hall–Kier alpha value is -2.60. The molecule has 0 spiro atoms. The Morgan fingerprint density at radius 3 is 2.62 bits per heavy atom. The van der Waals surface area contributed by atoms with Gasteiger partial charge in [0.1, 0.15) is 16.8 Å². The van der Waals surface area contributed by atoms with Crippen LogP contribution in [0.25, 0.3) is 23.2 Å². The summed E-state index contributed by atoms with van der Waals surface area (Å²) in [4.78, 5) is 20.0. The van der Waals surface area contributed by atoms with Crippen LogP contribution in [0.1, 0.15) is 30.1 Å². The summed E-state index contributed by atoms with van der Waals surface area (Å²) in [6, 6.07) is 6.17. The van der Waals surface area contributed by atoms with E-state index >= 15 is 0 Å². The molecule has 0 saturated carbocycles. The summed E-state index contributed by atoms with van der Waals surface area (Å²) < 4.78 is 13.3. The van der Waals surface area contributed by atoms with Crippen LogP contribution in [0.4, 0.5) is 10.2 Å². The Balaban J connectivity index is 1.66. The normalized spacial score (nSPS) is 14.7. The van der Waals surface area contributed by atoms with Gasteiger partial charge in [0.2, 0.25) is 0 Å². The summed E-state index contributed by atoms with van der Waals surface area (Å²) in [6.07, 6.45) is 5.92. The van der Waals surface area contributed by atoms with Gasteiger partial charge in [0.05, 0.1) is 22.4 Å². The van der Waals surface area contributed by atoms with Crippen LogP contribution in [-0.4, -0.2) is 33.0 Å². The monoisotopic (exact) mass is 369 g/mol. The van der Waals surface area contributed by atoms with Crippen molar-refractivity contribution in [2.45, 2.75) is 19.8 Å². The second kappa shape index (κ2) is 6.96. The molecule has 2 aromatic heterocycles. The van der Waals surface area contributed by atoms with Crippen molar-refractivity contribution in [3.05, 3.63) is 52.4 Å². The molecule has 1 aliphatic rings. The predicted molar refractivity (Wildman–Crippen MR) is 102 cm³/mol. The van der Waals surface area contributed by atoms with Crippen LogP contribution >= 0.6 is 11.6 Å². The maximum atomic E-state index is 13.3. The number of rotatable bonds is 3. The molecule has 0 atom stereocenters. The molecule has 132 valence electrons. The molecule has 1 aromatic carbocycles. The Morgan fingerprint density at radius 2 is 1.81 bits per heavy atom. The maximum Gasteiger partial charge on any atom is 0.156 e. The van der Waals surface area contributed by atoms with Gasteiger partial charge >= 0.3 is 0 Å². The zero-order chi connectivity index (χ0) is 18.1. The molecule has 0 bridgehead atoms. The summed E-state index contributed by atoms with van der Waals surface area (Å²) >= 11 is 6.16. The quantitative estimate of drug-likeness (QED) is 0.644. The predicted octanol–water partition coefficient (Wildman–Crippen LogP) is 4.29. The van der Waals surface area contributed by atoms with Crippen molar-refractivity contribution in [2.75, 3.05) is 18.0 Å². The zero-order valence-corrected chi connectivity index (χ0v) is 15.0. The summed E-state index contributed by atoms with van der Waals surface area (Å²) in [5.74, 6) is 1.05. The SMILES string of the molecule is Cc1nc2cc(F)ccc2nc1C=Cc1nc(Cl)cc(N2CCCC2)n1. The number of halogens is 2. The van der Waals surface area contributed by atoms with Gasteiger partial charge in [-0.15, -0.1) is 0 Å². The van der Waals surface area contributed by atoms with Gasteiger partial charge < -0.3 is 4.90 Å². The van der Waals surface area contributed by atoms with E-state index in [0.717, 1.165) is 18.9 Å². The van der Waals surface area contributed by atoms with Gasteiger partial charge in [-0.2, -0.15) is 0 Å². The molecule has 0 amide bonds. The van der Waals surface area contributed by atoms with Crippen molar-refractivity contribution in [3.8, 4) is 0 Å². The van der Waals surface area contributed by atoms with E-state index in [1.54, 1.807) is 18.2 Å². The van der Waals surface area contributed by atoms with Crippen LogP contribution in [-0.2, 0) is 0 Å². The highest BCUT2D eigenvalue weighted by molar-refractivity contribution is 6.29. The van der Waals surface area contributed by atoms with Crippen molar-refractivity contribution < 1.29 is 4.39 Å². The van der Waals surface area contributed by atoms with Crippen LogP contribution in [0.5, 0.6) is 0 Å². The van der Waals surface area contributed by atoms with E-state index in [4.69, 9.17) is 11.6 Å². The minimum Gasteiger partial charge on any atom is -0.356 e. The Kier molecular flexibility index (Phi) is 4.51. The lowest BCUT2D eigenvalue weighted by Gasteiger charge is -2.16. The van der Waals surface area contributed by atoms with Crippen LogP contribution in [0.2, 0.25) is 5.15 Å². The maximum absolute atomic E-state index is 13.3. The summed E-state index contributed by atoms with van der Waals surface area (Å²) in [5, 5.41) is 0.415. The lowest BCUT2D eigenvalue weighted by atomic mass is 10.2. The first-order valence-electron chi connectivity index (χ1n) is 8.50. The van der Waals surface area contributed by atoms with Crippen molar-refractivity contribution >= 4 is 40.6 Å². The number of aromatic nitrogens is 4. The smallest absolute Gasteiger partial charge is 0.156 e. The zero-order valence-electron chi connectivity index (χ0n) is 14.3. The molecule has 5 nitrogen and oxygen atoms in total. The molecule has 0 N–H and O–H groups in total. The number of nitrogens with zero attached hydrogens (tertiary/aromatic N) is 5. The number of fused-ring (bicyclic) bond motifs is 1. The van der Waals surface area contributed by atoms with Gasteiger partial charge in [0.25, 0.3) is 0 Å². The van der Waals surface area contributed by atoms with E-state index in [0.29, 0.717) is 33.4 Å². The number of benzene rings is 1. The first kappa shape index (κ1) is 16.8. The standard InChI is InChI=1S/C19H17ClFN5/c1-12-14(23-15-5-4-13(21)10-16(15)22-12)6-7-18-24-17(20)11-19(25-18)26-8-2-3-9-26/h4-7,10-11H,2-3,8-9H2,1H3. The highest BCUT2D eigenvalue weighted by Crippen LogP contribution is 2.22. The second-order valence-corrected chi connectivity index (χ2v) is 6.65. The lowest BCUT2D eigenvalue weighted by molar-refractivity contribution is 0.629. The van der Waals surface area contributed by atoms with Crippen molar-refractivity contribution in [1.29, 1.82) is 0 Å². The topological polar surface area (TPSA) is 54.8 Å². The van der Waals surface area contributed by atoms with Gasteiger partial charge in [-0.05, 0) is 44.1 Å². The van der Waals surface area contributed by atoms with Crippen molar-refractivity contribution in [1.82, 2.24) is 19.9 Å². The molecule has 3 heterocycles. The van der Waals surface area contributed by atoms with E-state index in [1.807, 2.05) is 13.0 Å². The van der Waals surface area contributed by atoms with Crippen LogP contribution in [0.15, 0.2) is 24.3 Å². The molecule has 1 fully saturated rings. The molecule has 3 aromatic rings. The van der Waals surface area contributed by atoms with Crippen molar-refractivity contribution in [3.63, 3.8) is 0 Å². The van der Waals surface area contributed by atoms with Gasteiger partial charge in [0, 0.05) is 25.2 Å². The fourth-order valence-corrected chi connectivity index (χ4v) is 3.23. The van der Waals surface area contributed by atoms with Gasteiger partial charge in [-0.3, -0.25) is 0 Å². The number of anilines is 1. The minimum atomic E-state index is -0.323. The summed E-state index contributed by atoms with van der Waals surface area (Å²) in [5.41, 5.74) is 2.58. The van der Waals surface area contributed by atoms with Gasteiger partial charge in [0.15, 0.2) is 5.82 Å². The fraction of sp³-hybridized carbons (Fsp3) is 0.263. The second-order valence-electron chi connectivity index (χ2n) is 6.26. The number of hydrogen-bond acceptors (Lipinski definition) is 5. The molecule has 7 heteroatoms. The first-order chi connectivity index (χ1) is 12.6. The molecular formula is C19H17ClFN5. The molecular weight excluding hydrogens is 353 g/mol. The third-order valence-electron chi connectivity index (χ3n) is 4.36. The Bertz CT molecular complexity index is 999. The third kappa shape index (κ3) is 3.51. The van der Waals surface area contributed by atoms with Gasteiger partial charge in [-0.25, -0.2) is 24.3 Å². The van der Waals surface area contributed by atoms with E-state index in [9.17, 15) is 4.39 Å². The highest BCUT2D eigenvalue weighted by Gasteiger charge is 2.15. The largest absolute Gasteiger partial charge is 0.356 e. The van der Waals surface area contributed by atoms with Crippen LogP contribution in [0, 0.1) is 12.7 Å². The molecule has 0 unspecified atom stereocenters. The first-order valence-corrected chi connectivity index (χ1v) is 8.88. The third-order valence-corrected chi connectivity index (χ3v) is 4.55. The molecule has 1 aliphatic heterocycles. The highest BCUT2D eigenvalue weighted by atomic mass is 35.5. The molecule has 1 saturated heterocycles. The average molecular weight is 370 g/mol. The summed E-state index contributed by atoms with van der Waals surface area (Å²) in [7, 11) is 0. The van der Waals surface area contributed by atoms with Gasteiger partial charge in [-0.1, -0.05) is 11.6 Å². The number of aryl methyl sites for hydroxylation is 1. The molecule has 0 aliphatic carbocycles. The Morgan fingerprint density at radius 1 is 1.00 bits per heavy atom. The molecule has 0 radical (unpaired) electrons. The Labute approximate surface area is 155 Å².